The Bertz CT molecular complexity index is 858. The highest BCUT2D eigenvalue weighted by Gasteiger charge is 2.21. The van der Waals surface area contributed by atoms with Crippen LogP contribution in [0.2, 0.25) is 5.02 Å². The van der Waals surface area contributed by atoms with Gasteiger partial charge in [-0.25, -0.2) is 0 Å². The van der Waals surface area contributed by atoms with Crippen molar-refractivity contribution in [2.45, 2.75) is 37.0 Å². The summed E-state index contributed by atoms with van der Waals surface area (Å²) in [7, 11) is 1.53. The van der Waals surface area contributed by atoms with E-state index in [-0.39, 0.29) is 5.91 Å². The maximum atomic E-state index is 12.6. The number of carbonyl (C=O) groups excluding carboxylic acids is 1. The number of piperidine rings is 1. The zero-order valence-corrected chi connectivity index (χ0v) is 20.4. The molecule has 1 fully saturated rings. The van der Waals surface area contributed by atoms with E-state index < -0.39 is 0 Å². The van der Waals surface area contributed by atoms with Crippen LogP contribution in [0, 0.1) is 5.92 Å². The number of likely N-dealkylation sites (tertiary alicyclic amines) is 1. The molecule has 1 aliphatic rings. The highest BCUT2D eigenvalue weighted by molar-refractivity contribution is 7.99. The summed E-state index contributed by atoms with van der Waals surface area (Å²) in [5, 5.41) is 3.41. The number of nitrogens with zero attached hydrogens (tertiary/aromatic N) is 1. The molecule has 0 aromatic heterocycles. The number of methoxy groups -OCH3 is 1. The number of amides is 1. The minimum atomic E-state index is -0.167. The Balaban J connectivity index is 1.29. The Morgan fingerprint density at radius 3 is 2.66 bits per heavy atom. The van der Waals surface area contributed by atoms with Crippen molar-refractivity contribution < 1.29 is 9.53 Å². The van der Waals surface area contributed by atoms with E-state index in [2.05, 4.69) is 40.5 Å². The van der Waals surface area contributed by atoms with Gasteiger partial charge in [0.2, 0.25) is 0 Å². The van der Waals surface area contributed by atoms with E-state index in [0.29, 0.717) is 34.5 Å². The summed E-state index contributed by atoms with van der Waals surface area (Å²) in [4.78, 5) is 16.5. The van der Waals surface area contributed by atoms with Crippen LogP contribution in [0.25, 0.3) is 0 Å². The number of benzene rings is 2. The van der Waals surface area contributed by atoms with E-state index in [4.69, 9.17) is 22.1 Å². The number of ether oxygens (including phenoxy) is 1. The summed E-state index contributed by atoms with van der Waals surface area (Å²) < 4.78 is 5.29. The SMILES string of the molecule is COc1cc(N)c(Cl)cc1C(=O)NCC1CCN(CCCCCSc2ccccc2)CC1. The molecule has 7 heteroatoms. The monoisotopic (exact) mass is 475 g/mol. The van der Waals surface area contributed by atoms with Crippen molar-refractivity contribution in [3.8, 4) is 5.75 Å². The molecule has 1 saturated heterocycles. The third kappa shape index (κ3) is 7.61. The van der Waals surface area contributed by atoms with Crippen molar-refractivity contribution in [3.63, 3.8) is 0 Å². The molecule has 0 spiro atoms. The number of nitrogens with one attached hydrogen (secondary N) is 1. The Labute approximate surface area is 201 Å². The second-order valence-corrected chi connectivity index (χ2v) is 9.87. The van der Waals surface area contributed by atoms with Crippen LogP contribution in [0.5, 0.6) is 5.75 Å². The maximum absolute atomic E-state index is 12.6. The normalized spacial score (nSPS) is 14.9. The fourth-order valence-corrected chi connectivity index (χ4v) is 5.08. The van der Waals surface area contributed by atoms with Gasteiger partial charge in [0.25, 0.3) is 5.91 Å². The van der Waals surface area contributed by atoms with Crippen LogP contribution in [-0.2, 0) is 0 Å². The average Bonchev–Trinajstić information content (AvgIpc) is 2.82. The molecule has 0 atom stereocenters. The topological polar surface area (TPSA) is 67.6 Å². The summed E-state index contributed by atoms with van der Waals surface area (Å²) in [6.07, 6.45) is 6.03. The van der Waals surface area contributed by atoms with E-state index in [1.807, 2.05) is 11.8 Å². The molecule has 2 aromatic carbocycles. The minimum absolute atomic E-state index is 0.167. The van der Waals surface area contributed by atoms with Crippen LogP contribution in [0.15, 0.2) is 47.4 Å². The van der Waals surface area contributed by atoms with Crippen LogP contribution in [0.3, 0.4) is 0 Å². The number of carbonyl (C=O) groups is 1. The smallest absolute Gasteiger partial charge is 0.255 e. The number of hydrogen-bond acceptors (Lipinski definition) is 5. The largest absolute Gasteiger partial charge is 0.496 e. The first-order valence-electron chi connectivity index (χ1n) is 11.4. The quantitative estimate of drug-likeness (QED) is 0.261. The molecule has 3 N–H and O–H groups in total. The van der Waals surface area contributed by atoms with Gasteiger partial charge in [-0.3, -0.25) is 4.79 Å². The first-order valence-corrected chi connectivity index (χ1v) is 12.7. The molecule has 2 aromatic rings. The molecule has 1 amide bonds. The molecule has 1 aliphatic heterocycles. The number of thioether (sulfide) groups is 1. The lowest BCUT2D eigenvalue weighted by atomic mass is 9.96. The molecule has 0 bridgehead atoms. The van der Waals surface area contributed by atoms with Crippen LogP contribution in [0.1, 0.15) is 42.5 Å². The number of halogens is 1. The first-order chi connectivity index (χ1) is 15.6. The number of unbranched alkanes of at least 4 members (excludes halogenated alkanes) is 2. The molecule has 0 unspecified atom stereocenters. The molecular weight excluding hydrogens is 442 g/mol. The summed E-state index contributed by atoms with van der Waals surface area (Å²) in [6.45, 7) is 4.07. The lowest BCUT2D eigenvalue weighted by Crippen LogP contribution is -2.39. The second kappa shape index (κ2) is 13.0. The number of rotatable bonds is 11. The maximum Gasteiger partial charge on any atom is 0.255 e. The molecule has 5 nitrogen and oxygen atoms in total. The summed E-state index contributed by atoms with van der Waals surface area (Å²) in [6, 6.07) is 13.8. The third-order valence-electron chi connectivity index (χ3n) is 5.95. The number of anilines is 1. The van der Waals surface area contributed by atoms with E-state index in [1.54, 1.807) is 12.1 Å². The first kappa shape index (κ1) is 24.7. The zero-order valence-electron chi connectivity index (χ0n) is 18.8. The predicted octanol–water partition coefficient (Wildman–Crippen LogP) is 5.34. The highest BCUT2D eigenvalue weighted by Crippen LogP contribution is 2.29. The zero-order chi connectivity index (χ0) is 22.8. The lowest BCUT2D eigenvalue weighted by molar-refractivity contribution is 0.0933. The second-order valence-electron chi connectivity index (χ2n) is 8.29. The van der Waals surface area contributed by atoms with Crippen LogP contribution < -0.4 is 15.8 Å². The minimum Gasteiger partial charge on any atom is -0.496 e. The van der Waals surface area contributed by atoms with Gasteiger partial charge in [-0.2, -0.15) is 0 Å². The summed E-state index contributed by atoms with van der Waals surface area (Å²) in [5.41, 5.74) is 6.63. The number of nitrogens with two attached hydrogens (primary N) is 1. The van der Waals surface area contributed by atoms with Gasteiger partial charge in [-0.1, -0.05) is 36.2 Å². The standard InChI is InChI=1S/C25H34ClN3O2S/c1-31-24-17-23(27)22(26)16-21(24)25(30)28-18-19-10-13-29(14-11-19)12-6-3-7-15-32-20-8-4-2-5-9-20/h2,4-5,8-9,16-17,19H,3,6-7,10-15,18,27H2,1H3,(H,28,30). The van der Waals surface area contributed by atoms with Gasteiger partial charge < -0.3 is 20.7 Å². The van der Waals surface area contributed by atoms with Gasteiger partial charge >= 0.3 is 0 Å². The molecule has 1 heterocycles. The highest BCUT2D eigenvalue weighted by atomic mass is 35.5. The summed E-state index contributed by atoms with van der Waals surface area (Å²) >= 11 is 8.03. The van der Waals surface area contributed by atoms with Crippen LogP contribution >= 0.6 is 23.4 Å². The van der Waals surface area contributed by atoms with Crippen molar-refractivity contribution >= 4 is 35.0 Å². The fourth-order valence-electron chi connectivity index (χ4n) is 3.98. The Morgan fingerprint density at radius 2 is 1.94 bits per heavy atom. The molecular formula is C25H34ClN3O2S. The van der Waals surface area contributed by atoms with Crippen molar-refractivity contribution in [1.29, 1.82) is 0 Å². The predicted molar refractivity (Wildman–Crippen MR) is 135 cm³/mol. The van der Waals surface area contributed by atoms with Crippen molar-refractivity contribution in [1.82, 2.24) is 10.2 Å². The van der Waals surface area contributed by atoms with Crippen molar-refractivity contribution in [3.05, 3.63) is 53.1 Å². The molecule has 0 aliphatic carbocycles. The van der Waals surface area contributed by atoms with Gasteiger partial charge in [0.1, 0.15) is 5.75 Å². The van der Waals surface area contributed by atoms with Crippen molar-refractivity contribution in [2.75, 3.05) is 44.8 Å². The van der Waals surface area contributed by atoms with Crippen LogP contribution in [0.4, 0.5) is 5.69 Å². The van der Waals surface area contributed by atoms with Gasteiger partial charge in [-0.05, 0) is 75.2 Å². The average molecular weight is 476 g/mol. The molecule has 0 saturated carbocycles. The third-order valence-corrected chi connectivity index (χ3v) is 7.38. The van der Waals surface area contributed by atoms with Crippen molar-refractivity contribution in [2.24, 2.45) is 5.92 Å². The van der Waals surface area contributed by atoms with Gasteiger partial charge in [0.05, 0.1) is 23.4 Å². The number of hydrogen-bond donors (Lipinski definition) is 2. The summed E-state index contributed by atoms with van der Waals surface area (Å²) in [5.74, 6) is 1.98. The van der Waals surface area contributed by atoms with E-state index in [9.17, 15) is 4.79 Å². The Hall–Kier alpha value is -1.89. The van der Waals surface area contributed by atoms with E-state index >= 15 is 0 Å². The molecule has 32 heavy (non-hydrogen) atoms. The molecule has 0 radical (unpaired) electrons. The number of nitrogen functional groups attached to an aromatic ring is 1. The van der Waals surface area contributed by atoms with Gasteiger partial charge in [0, 0.05) is 17.5 Å². The lowest BCUT2D eigenvalue weighted by Gasteiger charge is -2.32. The molecule has 174 valence electrons. The fraction of sp³-hybridized carbons (Fsp3) is 0.480. The molecule has 3 rings (SSSR count). The van der Waals surface area contributed by atoms with Gasteiger partial charge in [0.15, 0.2) is 0 Å². The Kier molecular flexibility index (Phi) is 10.0. The van der Waals surface area contributed by atoms with E-state index in [0.717, 1.165) is 25.9 Å². The van der Waals surface area contributed by atoms with Gasteiger partial charge in [-0.15, -0.1) is 11.8 Å². The van der Waals surface area contributed by atoms with E-state index in [1.165, 1.54) is 43.6 Å². The Morgan fingerprint density at radius 1 is 1.19 bits per heavy atom. The van der Waals surface area contributed by atoms with Crippen LogP contribution in [-0.4, -0.2) is 49.8 Å².